The van der Waals surface area contributed by atoms with Crippen LogP contribution in [0.4, 0.5) is 10.5 Å². The van der Waals surface area contributed by atoms with Crippen LogP contribution in [0.5, 0.6) is 5.75 Å². The second-order valence-electron chi connectivity index (χ2n) is 9.20. The summed E-state index contributed by atoms with van der Waals surface area (Å²) >= 11 is 0. The van der Waals surface area contributed by atoms with Gasteiger partial charge in [-0.25, -0.2) is 9.59 Å². The minimum absolute atomic E-state index is 0.150. The highest BCUT2D eigenvalue weighted by atomic mass is 16.5. The predicted octanol–water partition coefficient (Wildman–Crippen LogP) is 5.96. The molecule has 0 bridgehead atoms. The summed E-state index contributed by atoms with van der Waals surface area (Å²) in [5, 5.41) is 12.3. The number of nitrogens with zero attached hydrogens (tertiary/aromatic N) is 1. The Kier molecular flexibility index (Phi) is 11.7. The molecule has 0 saturated carbocycles. The fourth-order valence-electron chi connectivity index (χ4n) is 4.06. The van der Waals surface area contributed by atoms with Gasteiger partial charge in [-0.15, -0.1) is 0 Å². The maximum absolute atomic E-state index is 13.1. The van der Waals surface area contributed by atoms with Gasteiger partial charge in [-0.05, 0) is 68.5 Å². The average Bonchev–Trinajstić information content (AvgIpc) is 2.92. The number of urea groups is 1. The Labute approximate surface area is 225 Å². The number of aliphatic carboxylic acids is 1. The number of ether oxygens (including phenoxy) is 2. The van der Waals surface area contributed by atoms with Crippen molar-refractivity contribution < 1.29 is 24.2 Å². The van der Waals surface area contributed by atoms with Crippen molar-refractivity contribution in [1.29, 1.82) is 0 Å². The van der Waals surface area contributed by atoms with Crippen LogP contribution in [0.2, 0.25) is 0 Å². The molecule has 0 saturated heterocycles. The van der Waals surface area contributed by atoms with Crippen molar-refractivity contribution >= 4 is 17.7 Å². The summed E-state index contributed by atoms with van der Waals surface area (Å²) in [6.07, 6.45) is 2.27. The van der Waals surface area contributed by atoms with Gasteiger partial charge >= 0.3 is 12.0 Å². The molecule has 38 heavy (non-hydrogen) atoms. The summed E-state index contributed by atoms with van der Waals surface area (Å²) in [6, 6.07) is 25.3. The first-order valence-corrected chi connectivity index (χ1v) is 13.2. The molecular formula is C31H38N2O5. The van der Waals surface area contributed by atoms with E-state index in [1.165, 1.54) is 5.56 Å². The van der Waals surface area contributed by atoms with Crippen molar-refractivity contribution in [3.05, 3.63) is 95.6 Å². The van der Waals surface area contributed by atoms with Crippen molar-refractivity contribution in [3.8, 4) is 5.75 Å². The van der Waals surface area contributed by atoms with Crippen molar-refractivity contribution in [2.75, 3.05) is 31.6 Å². The first-order valence-electron chi connectivity index (χ1n) is 13.2. The highest BCUT2D eigenvalue weighted by Crippen LogP contribution is 2.16. The Balaban J connectivity index is 1.53. The van der Waals surface area contributed by atoms with Crippen LogP contribution in [0, 0.1) is 6.92 Å². The standard InChI is InChI=1S/C31H38N2O5/c1-3-37-29(30(34)35)23-26-14-18-28(19-15-26)38-22-21-33(20-8-7-11-25-9-5-4-6-10-25)31(36)32-27-16-12-24(2)13-17-27/h4-6,9-10,12-19,29H,3,7-8,11,20-23H2,1-2H3,(H,32,36)(H,34,35). The molecule has 0 spiro atoms. The lowest BCUT2D eigenvalue weighted by atomic mass is 10.1. The number of anilines is 1. The van der Waals surface area contributed by atoms with Gasteiger partial charge in [-0.2, -0.15) is 0 Å². The number of nitrogens with one attached hydrogen (secondary N) is 1. The smallest absolute Gasteiger partial charge is 0.333 e. The predicted molar refractivity (Wildman–Crippen MR) is 150 cm³/mol. The summed E-state index contributed by atoms with van der Waals surface area (Å²) in [6.45, 7) is 5.55. The molecule has 7 heteroatoms. The van der Waals surface area contributed by atoms with Gasteiger partial charge in [-0.1, -0.05) is 60.2 Å². The van der Waals surface area contributed by atoms with Gasteiger partial charge in [0.1, 0.15) is 12.4 Å². The zero-order valence-corrected chi connectivity index (χ0v) is 22.3. The summed E-state index contributed by atoms with van der Waals surface area (Å²) in [5.41, 5.74) is 4.05. The zero-order valence-electron chi connectivity index (χ0n) is 22.3. The monoisotopic (exact) mass is 518 g/mol. The Morgan fingerprint density at radius 1 is 0.895 bits per heavy atom. The quantitative estimate of drug-likeness (QED) is 0.242. The van der Waals surface area contributed by atoms with Crippen LogP contribution in [-0.4, -0.2) is 54.4 Å². The van der Waals surface area contributed by atoms with Gasteiger partial charge in [0.05, 0.1) is 6.54 Å². The van der Waals surface area contributed by atoms with Crippen LogP contribution in [0.15, 0.2) is 78.9 Å². The summed E-state index contributed by atoms with van der Waals surface area (Å²) in [7, 11) is 0. The number of aryl methyl sites for hydroxylation is 2. The minimum atomic E-state index is -0.972. The molecule has 2 amide bonds. The fourth-order valence-corrected chi connectivity index (χ4v) is 4.06. The summed E-state index contributed by atoms with van der Waals surface area (Å²) in [4.78, 5) is 26.2. The van der Waals surface area contributed by atoms with E-state index in [0.717, 1.165) is 36.1 Å². The van der Waals surface area contributed by atoms with Crippen LogP contribution in [-0.2, 0) is 22.4 Å². The van der Waals surface area contributed by atoms with E-state index in [2.05, 4.69) is 17.4 Å². The number of carbonyl (C=O) groups excluding carboxylic acids is 1. The summed E-state index contributed by atoms with van der Waals surface area (Å²) < 4.78 is 11.2. The molecule has 0 aromatic heterocycles. The molecule has 0 aliphatic carbocycles. The normalized spacial score (nSPS) is 11.5. The Bertz CT molecular complexity index is 1120. The number of carboxylic acid groups (broad SMARTS) is 1. The van der Waals surface area contributed by atoms with Crippen molar-refractivity contribution in [1.82, 2.24) is 4.90 Å². The number of benzene rings is 3. The molecule has 0 aliphatic rings. The first-order chi connectivity index (χ1) is 18.4. The van der Waals surface area contributed by atoms with Crippen molar-refractivity contribution in [3.63, 3.8) is 0 Å². The number of carboxylic acids is 1. The molecule has 3 rings (SSSR count). The second-order valence-corrected chi connectivity index (χ2v) is 9.20. The first kappa shape index (κ1) is 28.7. The molecule has 7 nitrogen and oxygen atoms in total. The molecule has 3 aromatic carbocycles. The third kappa shape index (κ3) is 9.90. The number of hydrogen-bond donors (Lipinski definition) is 2. The zero-order chi connectivity index (χ0) is 27.2. The second kappa shape index (κ2) is 15.4. The lowest BCUT2D eigenvalue weighted by Crippen LogP contribution is -2.38. The topological polar surface area (TPSA) is 88.1 Å². The molecule has 0 radical (unpaired) electrons. The Morgan fingerprint density at radius 3 is 2.26 bits per heavy atom. The fraction of sp³-hybridized carbons (Fsp3) is 0.355. The highest BCUT2D eigenvalue weighted by Gasteiger charge is 2.18. The largest absolute Gasteiger partial charge is 0.492 e. The van der Waals surface area contributed by atoms with Crippen molar-refractivity contribution in [2.45, 2.75) is 45.6 Å². The molecule has 0 heterocycles. The van der Waals surface area contributed by atoms with Gasteiger partial charge in [0.15, 0.2) is 6.10 Å². The van der Waals surface area contributed by atoms with E-state index in [0.29, 0.717) is 38.5 Å². The van der Waals surface area contributed by atoms with Gasteiger partial charge < -0.3 is 24.8 Å². The van der Waals surface area contributed by atoms with E-state index in [-0.39, 0.29) is 6.03 Å². The van der Waals surface area contributed by atoms with Gasteiger partial charge in [0.25, 0.3) is 0 Å². The number of carbonyl (C=O) groups is 2. The lowest BCUT2D eigenvalue weighted by Gasteiger charge is -2.23. The average molecular weight is 519 g/mol. The van der Waals surface area contributed by atoms with Crippen LogP contribution < -0.4 is 10.1 Å². The molecule has 3 aromatic rings. The van der Waals surface area contributed by atoms with Crippen LogP contribution >= 0.6 is 0 Å². The van der Waals surface area contributed by atoms with Crippen LogP contribution in [0.3, 0.4) is 0 Å². The Hall–Kier alpha value is -3.84. The maximum atomic E-state index is 13.1. The van der Waals surface area contributed by atoms with Crippen molar-refractivity contribution in [2.24, 2.45) is 0 Å². The van der Waals surface area contributed by atoms with Crippen LogP contribution in [0.25, 0.3) is 0 Å². The number of rotatable bonds is 15. The maximum Gasteiger partial charge on any atom is 0.333 e. The van der Waals surface area contributed by atoms with E-state index in [9.17, 15) is 14.7 Å². The van der Waals surface area contributed by atoms with E-state index in [1.807, 2.05) is 73.7 Å². The van der Waals surface area contributed by atoms with E-state index < -0.39 is 12.1 Å². The van der Waals surface area contributed by atoms with Gasteiger partial charge in [-0.3, -0.25) is 0 Å². The van der Waals surface area contributed by atoms with E-state index in [1.54, 1.807) is 11.8 Å². The minimum Gasteiger partial charge on any atom is -0.492 e. The number of amides is 2. The van der Waals surface area contributed by atoms with Crippen LogP contribution in [0.1, 0.15) is 36.5 Å². The van der Waals surface area contributed by atoms with E-state index >= 15 is 0 Å². The molecular weight excluding hydrogens is 480 g/mol. The highest BCUT2D eigenvalue weighted by molar-refractivity contribution is 5.89. The number of unbranched alkanes of at least 4 members (excludes halogenated alkanes) is 1. The molecule has 1 atom stereocenters. The third-order valence-corrected chi connectivity index (χ3v) is 6.19. The SMILES string of the molecule is CCOC(Cc1ccc(OCCN(CCCCc2ccccc2)C(=O)Nc2ccc(C)cc2)cc1)C(=O)O. The lowest BCUT2D eigenvalue weighted by molar-refractivity contribution is -0.149. The summed E-state index contributed by atoms with van der Waals surface area (Å²) in [5.74, 6) is -0.306. The molecule has 0 fully saturated rings. The molecule has 1 unspecified atom stereocenters. The molecule has 0 aliphatic heterocycles. The molecule has 202 valence electrons. The Morgan fingerprint density at radius 2 is 1.61 bits per heavy atom. The van der Waals surface area contributed by atoms with Gasteiger partial charge in [0.2, 0.25) is 0 Å². The third-order valence-electron chi connectivity index (χ3n) is 6.19. The van der Waals surface area contributed by atoms with E-state index in [4.69, 9.17) is 9.47 Å². The van der Waals surface area contributed by atoms with Gasteiger partial charge in [0, 0.05) is 25.3 Å². The molecule has 2 N–H and O–H groups in total. The number of hydrogen-bond acceptors (Lipinski definition) is 4.